The van der Waals surface area contributed by atoms with Gasteiger partial charge in [0.2, 0.25) is 5.95 Å². The molecule has 110 valence electrons. The van der Waals surface area contributed by atoms with E-state index in [0.29, 0.717) is 12.5 Å². The van der Waals surface area contributed by atoms with Crippen LogP contribution in [0.3, 0.4) is 0 Å². The first-order valence-corrected chi connectivity index (χ1v) is 7.26. The molecule has 1 rings (SSSR count). The Bertz CT molecular complexity index is 393. The van der Waals surface area contributed by atoms with Gasteiger partial charge < -0.3 is 15.2 Å². The van der Waals surface area contributed by atoms with Gasteiger partial charge >= 0.3 is 0 Å². The van der Waals surface area contributed by atoms with Gasteiger partial charge in [0.25, 0.3) is 0 Å². The molecule has 0 spiro atoms. The van der Waals surface area contributed by atoms with Gasteiger partial charge in [0.05, 0.1) is 5.69 Å². The minimum Gasteiger partial charge on any atom is -0.345 e. The Hall–Kier alpha value is -1.03. The van der Waals surface area contributed by atoms with Crippen LogP contribution in [0.2, 0.25) is 0 Å². The van der Waals surface area contributed by atoms with Crippen molar-refractivity contribution in [1.82, 2.24) is 9.55 Å². The largest absolute Gasteiger partial charge is 0.345 e. The predicted molar refractivity (Wildman–Crippen MR) is 82.5 cm³/mol. The van der Waals surface area contributed by atoms with Crippen molar-refractivity contribution in [2.24, 2.45) is 17.1 Å². The highest BCUT2D eigenvalue weighted by Crippen LogP contribution is 2.21. The Morgan fingerprint density at radius 1 is 1.42 bits per heavy atom. The first-order valence-electron chi connectivity index (χ1n) is 7.26. The third kappa shape index (κ3) is 4.53. The highest BCUT2D eigenvalue weighted by atomic mass is 15.3. The number of imidazole rings is 1. The van der Waals surface area contributed by atoms with Crippen LogP contribution in [0, 0.1) is 11.3 Å². The molecular weight excluding hydrogens is 236 g/mol. The molecule has 1 aromatic heterocycles. The third-order valence-electron chi connectivity index (χ3n) is 3.29. The van der Waals surface area contributed by atoms with E-state index in [1.807, 2.05) is 0 Å². The van der Waals surface area contributed by atoms with E-state index in [1.165, 1.54) is 0 Å². The van der Waals surface area contributed by atoms with Crippen LogP contribution in [0.5, 0.6) is 0 Å². The summed E-state index contributed by atoms with van der Waals surface area (Å²) in [5, 5.41) is 0. The van der Waals surface area contributed by atoms with Crippen LogP contribution in [0.15, 0.2) is 6.20 Å². The number of rotatable bonds is 7. The molecule has 0 radical (unpaired) electrons. The molecule has 4 nitrogen and oxygen atoms in total. The fourth-order valence-corrected chi connectivity index (χ4v) is 2.24. The minimum absolute atomic E-state index is 0.107. The van der Waals surface area contributed by atoms with Crippen LogP contribution in [-0.2, 0) is 13.0 Å². The summed E-state index contributed by atoms with van der Waals surface area (Å²) in [6, 6.07) is 0. The number of nitrogens with zero attached hydrogens (tertiary/aromatic N) is 3. The van der Waals surface area contributed by atoms with E-state index in [0.717, 1.165) is 31.2 Å². The van der Waals surface area contributed by atoms with Gasteiger partial charge in [0.1, 0.15) is 0 Å². The first kappa shape index (κ1) is 16.0. The van der Waals surface area contributed by atoms with Gasteiger partial charge in [0, 0.05) is 26.3 Å². The van der Waals surface area contributed by atoms with Crippen LogP contribution >= 0.6 is 0 Å². The summed E-state index contributed by atoms with van der Waals surface area (Å²) in [4.78, 5) is 6.98. The zero-order valence-corrected chi connectivity index (χ0v) is 13.4. The summed E-state index contributed by atoms with van der Waals surface area (Å²) in [6.07, 6.45) is 3.16. The van der Waals surface area contributed by atoms with Gasteiger partial charge in [-0.05, 0) is 24.3 Å². The van der Waals surface area contributed by atoms with Crippen molar-refractivity contribution in [3.8, 4) is 0 Å². The maximum atomic E-state index is 5.83. The monoisotopic (exact) mass is 266 g/mol. The fourth-order valence-electron chi connectivity index (χ4n) is 2.24. The van der Waals surface area contributed by atoms with Gasteiger partial charge in [-0.2, -0.15) is 0 Å². The van der Waals surface area contributed by atoms with Gasteiger partial charge in [-0.25, -0.2) is 4.98 Å². The predicted octanol–water partition coefficient (Wildman–Crippen LogP) is 2.52. The molecule has 1 heterocycles. The summed E-state index contributed by atoms with van der Waals surface area (Å²) in [7, 11) is 2.11. The van der Waals surface area contributed by atoms with E-state index in [9.17, 15) is 0 Å². The first-order chi connectivity index (χ1) is 8.79. The topological polar surface area (TPSA) is 47.1 Å². The van der Waals surface area contributed by atoms with Crippen molar-refractivity contribution in [1.29, 1.82) is 0 Å². The average Bonchev–Trinajstić information content (AvgIpc) is 2.71. The summed E-state index contributed by atoms with van der Waals surface area (Å²) in [6.45, 7) is 13.6. The van der Waals surface area contributed by atoms with E-state index < -0.39 is 0 Å². The van der Waals surface area contributed by atoms with E-state index in [-0.39, 0.29) is 5.41 Å². The molecule has 0 aliphatic carbocycles. The van der Waals surface area contributed by atoms with Crippen molar-refractivity contribution in [2.45, 2.75) is 47.6 Å². The second-order valence-corrected chi connectivity index (χ2v) is 6.66. The van der Waals surface area contributed by atoms with Crippen molar-refractivity contribution >= 4 is 5.95 Å². The minimum atomic E-state index is 0.107. The second-order valence-electron chi connectivity index (χ2n) is 6.66. The highest BCUT2D eigenvalue weighted by molar-refractivity contribution is 5.33. The van der Waals surface area contributed by atoms with E-state index in [4.69, 9.17) is 10.7 Å². The smallest absolute Gasteiger partial charge is 0.205 e. The number of nitrogens with two attached hydrogens (primary N) is 1. The zero-order valence-electron chi connectivity index (χ0n) is 13.4. The van der Waals surface area contributed by atoms with Gasteiger partial charge in [-0.15, -0.1) is 0 Å². The fraction of sp³-hybridized carbons (Fsp3) is 0.800. The highest BCUT2D eigenvalue weighted by Gasteiger charge is 2.21. The quantitative estimate of drug-likeness (QED) is 0.825. The number of hydrogen-bond donors (Lipinski definition) is 1. The van der Waals surface area contributed by atoms with Crippen molar-refractivity contribution in [3.63, 3.8) is 0 Å². The number of hydrogen-bond acceptors (Lipinski definition) is 3. The maximum absolute atomic E-state index is 5.83. The van der Waals surface area contributed by atoms with Crippen molar-refractivity contribution in [3.05, 3.63) is 11.9 Å². The molecule has 0 aliphatic rings. The Balaban J connectivity index is 2.93. The summed E-state index contributed by atoms with van der Waals surface area (Å²) >= 11 is 0. The molecule has 1 aromatic rings. The van der Waals surface area contributed by atoms with Gasteiger partial charge in [0.15, 0.2) is 0 Å². The molecule has 0 saturated heterocycles. The van der Waals surface area contributed by atoms with Crippen LogP contribution in [-0.4, -0.2) is 29.7 Å². The van der Waals surface area contributed by atoms with Crippen LogP contribution in [0.25, 0.3) is 0 Å². The lowest BCUT2D eigenvalue weighted by Gasteiger charge is -2.30. The van der Waals surface area contributed by atoms with Crippen molar-refractivity contribution in [2.75, 3.05) is 25.0 Å². The summed E-state index contributed by atoms with van der Waals surface area (Å²) < 4.78 is 2.27. The molecule has 19 heavy (non-hydrogen) atoms. The third-order valence-corrected chi connectivity index (χ3v) is 3.29. The molecule has 0 fully saturated rings. The van der Waals surface area contributed by atoms with Gasteiger partial charge in [-0.1, -0.05) is 34.6 Å². The molecular formula is C15H30N4. The number of aryl methyl sites for hydroxylation is 1. The van der Waals surface area contributed by atoms with E-state index in [1.54, 1.807) is 0 Å². The Morgan fingerprint density at radius 3 is 2.53 bits per heavy atom. The molecule has 0 unspecified atom stereocenters. The lowest BCUT2D eigenvalue weighted by atomic mass is 9.93. The standard InChI is InChI=1S/C15H30N4/c1-7-13-9-19(8-12(2)3)14(17-13)18(6)11-15(4,5)10-16/h9,12H,7-8,10-11,16H2,1-6H3. The molecule has 0 aliphatic heterocycles. The Kier molecular flexibility index (Phi) is 5.41. The summed E-state index contributed by atoms with van der Waals surface area (Å²) in [5.41, 5.74) is 7.10. The number of aromatic nitrogens is 2. The molecule has 0 aromatic carbocycles. The molecule has 0 bridgehead atoms. The van der Waals surface area contributed by atoms with Crippen LogP contribution in [0.1, 0.15) is 40.3 Å². The molecule has 0 atom stereocenters. The van der Waals surface area contributed by atoms with E-state index >= 15 is 0 Å². The SMILES string of the molecule is CCc1cn(CC(C)C)c(N(C)CC(C)(C)CN)n1. The molecule has 0 amide bonds. The zero-order chi connectivity index (χ0) is 14.6. The molecule has 4 heteroatoms. The molecule has 0 saturated carbocycles. The average molecular weight is 266 g/mol. The van der Waals surface area contributed by atoms with E-state index in [2.05, 4.69) is 57.3 Å². The van der Waals surface area contributed by atoms with Crippen molar-refractivity contribution < 1.29 is 0 Å². The normalized spacial score (nSPS) is 12.2. The van der Waals surface area contributed by atoms with Crippen LogP contribution in [0.4, 0.5) is 5.95 Å². The van der Waals surface area contributed by atoms with Crippen LogP contribution < -0.4 is 10.6 Å². The summed E-state index contributed by atoms with van der Waals surface area (Å²) in [5.74, 6) is 1.68. The lowest BCUT2D eigenvalue weighted by Crippen LogP contribution is -2.38. The maximum Gasteiger partial charge on any atom is 0.205 e. The second kappa shape index (κ2) is 6.42. The lowest BCUT2D eigenvalue weighted by molar-refractivity contribution is 0.380. The number of anilines is 1. The Labute approximate surface area is 118 Å². The Morgan fingerprint density at radius 2 is 2.05 bits per heavy atom. The van der Waals surface area contributed by atoms with Gasteiger partial charge in [-0.3, -0.25) is 0 Å². The molecule has 2 N–H and O–H groups in total.